The Bertz CT molecular complexity index is 1130. The van der Waals surface area contributed by atoms with Crippen LogP contribution in [0.25, 0.3) is 11.5 Å². The Kier molecular flexibility index (Phi) is 5.05. The van der Waals surface area contributed by atoms with Crippen LogP contribution >= 0.6 is 0 Å². The van der Waals surface area contributed by atoms with E-state index < -0.39 is 0 Å². The molecule has 1 atom stereocenters. The smallest absolute Gasteiger partial charge is 0.246 e. The second-order valence-corrected chi connectivity index (χ2v) is 8.12. The molecule has 1 aromatic carbocycles. The lowest BCUT2D eigenvalue weighted by molar-refractivity contribution is -0.126. The molecule has 2 aromatic heterocycles. The monoisotopic (exact) mass is 419 g/mol. The third kappa shape index (κ3) is 3.73. The molecule has 0 spiro atoms. The fourth-order valence-electron chi connectivity index (χ4n) is 4.49. The molecule has 1 aliphatic heterocycles. The average Bonchev–Trinajstić information content (AvgIpc) is 3.57. The van der Waals surface area contributed by atoms with E-state index in [4.69, 9.17) is 4.52 Å². The Morgan fingerprint density at radius 3 is 3.00 bits per heavy atom. The van der Waals surface area contributed by atoms with Crippen molar-refractivity contribution < 1.29 is 14.1 Å². The summed E-state index contributed by atoms with van der Waals surface area (Å²) in [5.74, 6) is 0.259. The maximum atomic E-state index is 12.7. The Morgan fingerprint density at radius 2 is 2.13 bits per heavy atom. The molecular weight excluding hydrogens is 394 g/mol. The number of carbonyl (C=O) groups is 2. The molecule has 160 valence electrons. The van der Waals surface area contributed by atoms with Gasteiger partial charge in [-0.25, -0.2) is 0 Å². The molecule has 5 rings (SSSR count). The third-order valence-corrected chi connectivity index (χ3v) is 6.17. The molecule has 0 radical (unpaired) electrons. The first-order chi connectivity index (χ1) is 15.1. The van der Waals surface area contributed by atoms with Crippen LogP contribution in [0.4, 0.5) is 5.69 Å². The molecule has 8 nitrogen and oxygen atoms in total. The van der Waals surface area contributed by atoms with Gasteiger partial charge in [-0.2, -0.15) is 4.98 Å². The van der Waals surface area contributed by atoms with Crippen molar-refractivity contribution in [2.75, 3.05) is 11.4 Å². The van der Waals surface area contributed by atoms with Gasteiger partial charge in [0, 0.05) is 31.4 Å². The van der Waals surface area contributed by atoms with E-state index >= 15 is 0 Å². The number of nitrogens with one attached hydrogen (secondary N) is 1. The number of aryl methyl sites for hydroxylation is 3. The van der Waals surface area contributed by atoms with Crippen molar-refractivity contribution in [3.63, 3.8) is 0 Å². The number of rotatable bonds is 6. The molecule has 1 saturated heterocycles. The average molecular weight is 419 g/mol. The van der Waals surface area contributed by atoms with E-state index in [0.717, 1.165) is 30.8 Å². The van der Waals surface area contributed by atoms with Crippen LogP contribution in [0, 0.1) is 5.92 Å². The number of carbonyl (C=O) groups excluding carboxylic acids is 2. The van der Waals surface area contributed by atoms with Crippen LogP contribution in [0.15, 0.2) is 41.1 Å². The Morgan fingerprint density at radius 1 is 1.26 bits per heavy atom. The number of anilines is 1. The number of hydrogen-bond acceptors (Lipinski definition) is 5. The van der Waals surface area contributed by atoms with E-state index in [0.29, 0.717) is 18.3 Å². The van der Waals surface area contributed by atoms with Crippen LogP contribution in [0.5, 0.6) is 0 Å². The fraction of sp³-hybridized carbons (Fsp3) is 0.391. The second kappa shape index (κ2) is 8.02. The normalized spacial score (nSPS) is 17.9. The highest BCUT2D eigenvalue weighted by Gasteiger charge is 2.35. The summed E-state index contributed by atoms with van der Waals surface area (Å²) in [6.07, 6.45) is 5.50. The summed E-state index contributed by atoms with van der Waals surface area (Å²) >= 11 is 0. The molecule has 1 unspecified atom stereocenters. The van der Waals surface area contributed by atoms with Gasteiger partial charge < -0.3 is 19.3 Å². The predicted octanol–water partition coefficient (Wildman–Crippen LogP) is 2.72. The minimum Gasteiger partial charge on any atom is -0.347 e. The van der Waals surface area contributed by atoms with Crippen molar-refractivity contribution in [3.05, 3.63) is 53.5 Å². The topological polar surface area (TPSA) is 93.3 Å². The van der Waals surface area contributed by atoms with Gasteiger partial charge in [-0.3, -0.25) is 9.59 Å². The summed E-state index contributed by atoms with van der Waals surface area (Å²) in [5, 5.41) is 6.86. The SMILES string of the molecule is CCn1cccc1-c1noc(CNC(=O)C2CC(=O)N(c3ccc4c(c3)CCC4)C2)n1. The highest BCUT2D eigenvalue weighted by Crippen LogP contribution is 2.30. The second-order valence-electron chi connectivity index (χ2n) is 8.12. The van der Waals surface area contributed by atoms with Gasteiger partial charge in [0.05, 0.1) is 18.2 Å². The first-order valence-corrected chi connectivity index (χ1v) is 10.8. The standard InChI is InChI=1S/C23H25N5O3/c1-2-27-10-4-7-19(27)22-25-20(31-26-22)13-24-23(30)17-12-21(29)28(14-17)18-9-8-15-5-3-6-16(15)11-18/h4,7-11,17H,2-3,5-6,12-14H2,1H3,(H,24,30). The van der Waals surface area contributed by atoms with Crippen LogP contribution < -0.4 is 10.2 Å². The molecule has 1 aliphatic carbocycles. The maximum absolute atomic E-state index is 12.7. The van der Waals surface area contributed by atoms with E-state index in [-0.39, 0.29) is 30.7 Å². The minimum atomic E-state index is -0.388. The molecule has 3 aromatic rings. The molecule has 31 heavy (non-hydrogen) atoms. The largest absolute Gasteiger partial charge is 0.347 e. The highest BCUT2D eigenvalue weighted by atomic mass is 16.5. The zero-order valence-electron chi connectivity index (χ0n) is 17.5. The molecular formula is C23H25N5O3. The molecule has 3 heterocycles. The van der Waals surface area contributed by atoms with Crippen LogP contribution in [0.2, 0.25) is 0 Å². The van der Waals surface area contributed by atoms with Gasteiger partial charge >= 0.3 is 0 Å². The minimum absolute atomic E-state index is 0.0153. The van der Waals surface area contributed by atoms with Crippen LogP contribution in [-0.2, 0) is 35.5 Å². The zero-order chi connectivity index (χ0) is 21.4. The molecule has 1 N–H and O–H groups in total. The van der Waals surface area contributed by atoms with Crippen molar-refractivity contribution in [2.45, 2.75) is 45.7 Å². The predicted molar refractivity (Wildman–Crippen MR) is 114 cm³/mol. The summed E-state index contributed by atoms with van der Waals surface area (Å²) < 4.78 is 7.31. The van der Waals surface area contributed by atoms with Gasteiger partial charge in [0.15, 0.2) is 0 Å². The molecule has 0 bridgehead atoms. The highest BCUT2D eigenvalue weighted by molar-refractivity contribution is 6.00. The summed E-state index contributed by atoms with van der Waals surface area (Å²) in [4.78, 5) is 31.4. The number of fused-ring (bicyclic) bond motifs is 1. The summed E-state index contributed by atoms with van der Waals surface area (Å²) in [6, 6.07) is 10.1. The molecule has 0 saturated carbocycles. The number of aromatic nitrogens is 3. The molecule has 1 fully saturated rings. The van der Waals surface area contributed by atoms with Crippen LogP contribution in [0.3, 0.4) is 0 Å². The fourth-order valence-corrected chi connectivity index (χ4v) is 4.49. The third-order valence-electron chi connectivity index (χ3n) is 6.17. The lowest BCUT2D eigenvalue weighted by Gasteiger charge is -2.18. The Hall–Kier alpha value is -3.42. The maximum Gasteiger partial charge on any atom is 0.246 e. The first kappa shape index (κ1) is 19.5. The molecule has 2 amide bonds. The van der Waals surface area contributed by atoms with Gasteiger partial charge in [0.1, 0.15) is 0 Å². The summed E-state index contributed by atoms with van der Waals surface area (Å²) in [6.45, 7) is 3.38. The number of hydrogen-bond donors (Lipinski definition) is 1. The number of nitrogens with zero attached hydrogens (tertiary/aromatic N) is 4. The van der Waals surface area contributed by atoms with E-state index in [1.54, 1.807) is 4.90 Å². The van der Waals surface area contributed by atoms with Gasteiger partial charge in [-0.1, -0.05) is 11.2 Å². The lowest BCUT2D eigenvalue weighted by Crippen LogP contribution is -2.32. The first-order valence-electron chi connectivity index (χ1n) is 10.8. The van der Waals surface area contributed by atoms with Crippen molar-refractivity contribution in [3.8, 4) is 11.5 Å². The van der Waals surface area contributed by atoms with Gasteiger partial charge in [0.25, 0.3) is 0 Å². The van der Waals surface area contributed by atoms with E-state index in [1.165, 1.54) is 17.5 Å². The van der Waals surface area contributed by atoms with Crippen molar-refractivity contribution in [1.82, 2.24) is 20.0 Å². The zero-order valence-corrected chi connectivity index (χ0v) is 17.5. The Labute approximate surface area is 180 Å². The number of amides is 2. The summed E-state index contributed by atoms with van der Waals surface area (Å²) in [5.41, 5.74) is 4.45. The van der Waals surface area contributed by atoms with Crippen molar-refractivity contribution in [2.24, 2.45) is 5.92 Å². The lowest BCUT2D eigenvalue weighted by atomic mass is 10.1. The molecule has 8 heteroatoms. The van der Waals surface area contributed by atoms with Crippen LogP contribution in [0.1, 0.15) is 36.8 Å². The van der Waals surface area contributed by atoms with Gasteiger partial charge in [-0.05, 0) is 61.6 Å². The van der Waals surface area contributed by atoms with Gasteiger partial charge in [-0.15, -0.1) is 0 Å². The quantitative estimate of drug-likeness (QED) is 0.663. The van der Waals surface area contributed by atoms with Crippen molar-refractivity contribution in [1.29, 1.82) is 0 Å². The van der Waals surface area contributed by atoms with Gasteiger partial charge in [0.2, 0.25) is 23.5 Å². The van der Waals surface area contributed by atoms with Crippen molar-refractivity contribution >= 4 is 17.5 Å². The summed E-state index contributed by atoms with van der Waals surface area (Å²) in [7, 11) is 0. The molecule has 2 aliphatic rings. The Balaban J connectivity index is 1.20. The van der Waals surface area contributed by atoms with E-state index in [1.807, 2.05) is 35.9 Å². The van der Waals surface area contributed by atoms with E-state index in [9.17, 15) is 9.59 Å². The van der Waals surface area contributed by atoms with E-state index in [2.05, 4.69) is 27.6 Å². The van der Waals surface area contributed by atoms with Crippen LogP contribution in [-0.4, -0.2) is 33.1 Å². The number of benzene rings is 1.